The Labute approximate surface area is 108 Å². The van der Waals surface area contributed by atoms with Crippen LogP contribution in [0.1, 0.15) is 26.3 Å². The summed E-state index contributed by atoms with van der Waals surface area (Å²) in [7, 11) is 0. The summed E-state index contributed by atoms with van der Waals surface area (Å²) >= 11 is 2.01. The Balaban J connectivity index is 2.33. The van der Waals surface area contributed by atoms with Crippen LogP contribution in [0.3, 0.4) is 0 Å². The first-order chi connectivity index (χ1) is 7.47. The van der Waals surface area contributed by atoms with Gasteiger partial charge in [-0.05, 0) is 23.1 Å². The Hall–Kier alpha value is -0.910. The first-order valence-electron chi connectivity index (χ1n) is 5.07. The molecule has 1 aromatic heterocycles. The molecular weight excluding hydrogens is 315 g/mol. The number of hydrogen-bond donors (Lipinski definition) is 0. The van der Waals surface area contributed by atoms with Crippen molar-refractivity contribution in [1.29, 1.82) is 0 Å². The summed E-state index contributed by atoms with van der Waals surface area (Å²) < 4.78 is 5.92. The van der Waals surface area contributed by atoms with Gasteiger partial charge in [0, 0.05) is 28.2 Å². The van der Waals surface area contributed by atoms with Gasteiger partial charge in [0.15, 0.2) is 0 Å². The van der Waals surface area contributed by atoms with Gasteiger partial charge < -0.3 is 4.42 Å². The van der Waals surface area contributed by atoms with Crippen LogP contribution in [0.5, 0.6) is 0 Å². The van der Waals surface area contributed by atoms with Crippen LogP contribution in [-0.2, 0) is 5.41 Å². The third-order valence-corrected chi connectivity index (χ3v) is 2.83. The summed E-state index contributed by atoms with van der Waals surface area (Å²) in [5.74, 6) is 0.574. The zero-order valence-electron chi connectivity index (χ0n) is 9.49. The molecule has 2 aromatic rings. The molecule has 0 radical (unpaired) electrons. The van der Waals surface area contributed by atoms with Gasteiger partial charge in [0.25, 0.3) is 3.90 Å². The van der Waals surface area contributed by atoms with Gasteiger partial charge in [-0.15, -0.1) is 10.2 Å². The molecule has 0 unspecified atom stereocenters. The topological polar surface area (TPSA) is 38.9 Å². The lowest BCUT2D eigenvalue weighted by molar-refractivity contribution is 0.536. The standard InChI is InChI=1S/C12H13IN2O/c1-12(2,3)9-6-4-8(5-7-9)10-14-15-11(13)16-10/h4-7H,1-3H3. The molecule has 0 saturated heterocycles. The Morgan fingerprint density at radius 1 is 1.06 bits per heavy atom. The number of benzene rings is 1. The molecule has 0 atom stereocenters. The molecule has 2 rings (SSSR count). The van der Waals surface area contributed by atoms with Crippen molar-refractivity contribution in [2.24, 2.45) is 0 Å². The van der Waals surface area contributed by atoms with Crippen molar-refractivity contribution in [3.8, 4) is 11.5 Å². The highest BCUT2D eigenvalue weighted by atomic mass is 127. The summed E-state index contributed by atoms with van der Waals surface area (Å²) in [5, 5.41) is 7.79. The molecule has 84 valence electrons. The van der Waals surface area contributed by atoms with E-state index >= 15 is 0 Å². The molecule has 0 spiro atoms. The predicted octanol–water partition coefficient (Wildman–Crippen LogP) is 3.64. The van der Waals surface area contributed by atoms with Crippen molar-refractivity contribution >= 4 is 22.6 Å². The Kier molecular flexibility index (Phi) is 3.01. The smallest absolute Gasteiger partial charge is 0.278 e. The van der Waals surface area contributed by atoms with E-state index in [9.17, 15) is 0 Å². The predicted molar refractivity (Wildman–Crippen MR) is 71.2 cm³/mol. The lowest BCUT2D eigenvalue weighted by Crippen LogP contribution is -2.10. The van der Waals surface area contributed by atoms with E-state index in [0.717, 1.165) is 5.56 Å². The second kappa shape index (κ2) is 4.16. The molecular formula is C12H13IN2O. The minimum atomic E-state index is 0.168. The van der Waals surface area contributed by atoms with E-state index in [0.29, 0.717) is 9.79 Å². The molecule has 0 aliphatic rings. The number of halogens is 1. The average molecular weight is 328 g/mol. The van der Waals surface area contributed by atoms with E-state index in [1.807, 2.05) is 34.7 Å². The van der Waals surface area contributed by atoms with E-state index in [4.69, 9.17) is 4.42 Å². The molecule has 0 bridgehead atoms. The molecule has 3 nitrogen and oxygen atoms in total. The first-order valence-corrected chi connectivity index (χ1v) is 6.14. The monoisotopic (exact) mass is 328 g/mol. The van der Waals surface area contributed by atoms with E-state index in [1.54, 1.807) is 0 Å². The van der Waals surface area contributed by atoms with Crippen molar-refractivity contribution in [1.82, 2.24) is 10.2 Å². The summed E-state index contributed by atoms with van der Waals surface area (Å²) in [5.41, 5.74) is 2.43. The summed E-state index contributed by atoms with van der Waals surface area (Å²) in [6.45, 7) is 6.58. The molecule has 0 N–H and O–H groups in total. The van der Waals surface area contributed by atoms with E-state index in [2.05, 4.69) is 43.1 Å². The van der Waals surface area contributed by atoms with Gasteiger partial charge in [-0.1, -0.05) is 32.9 Å². The van der Waals surface area contributed by atoms with Gasteiger partial charge in [-0.3, -0.25) is 0 Å². The van der Waals surface area contributed by atoms with Crippen LogP contribution >= 0.6 is 22.6 Å². The molecule has 1 aromatic carbocycles. The van der Waals surface area contributed by atoms with Gasteiger partial charge in [-0.2, -0.15) is 0 Å². The number of aromatic nitrogens is 2. The second-order valence-corrected chi connectivity index (χ2v) is 5.61. The zero-order valence-corrected chi connectivity index (χ0v) is 11.6. The molecule has 16 heavy (non-hydrogen) atoms. The highest BCUT2D eigenvalue weighted by Crippen LogP contribution is 2.25. The number of hydrogen-bond acceptors (Lipinski definition) is 3. The van der Waals surface area contributed by atoms with Crippen LogP contribution in [0.2, 0.25) is 0 Å². The number of nitrogens with zero attached hydrogens (tertiary/aromatic N) is 2. The van der Waals surface area contributed by atoms with Gasteiger partial charge in [-0.25, -0.2) is 0 Å². The fourth-order valence-corrected chi connectivity index (χ4v) is 1.75. The molecule has 0 amide bonds. The fourth-order valence-electron chi connectivity index (χ4n) is 1.43. The Bertz CT molecular complexity index is 482. The lowest BCUT2D eigenvalue weighted by Gasteiger charge is -2.18. The highest BCUT2D eigenvalue weighted by Gasteiger charge is 2.14. The highest BCUT2D eigenvalue weighted by molar-refractivity contribution is 14.1. The molecule has 0 aliphatic heterocycles. The maximum Gasteiger partial charge on any atom is 0.278 e. The van der Waals surface area contributed by atoms with Crippen molar-refractivity contribution in [2.45, 2.75) is 26.2 Å². The van der Waals surface area contributed by atoms with Crippen molar-refractivity contribution in [2.75, 3.05) is 0 Å². The summed E-state index contributed by atoms with van der Waals surface area (Å²) in [4.78, 5) is 0. The van der Waals surface area contributed by atoms with Crippen LogP contribution < -0.4 is 0 Å². The van der Waals surface area contributed by atoms with Crippen molar-refractivity contribution < 1.29 is 4.42 Å². The molecule has 0 fully saturated rings. The Morgan fingerprint density at radius 2 is 1.69 bits per heavy atom. The third kappa shape index (κ3) is 2.42. The maximum absolute atomic E-state index is 5.36. The maximum atomic E-state index is 5.36. The Morgan fingerprint density at radius 3 is 2.12 bits per heavy atom. The van der Waals surface area contributed by atoms with Crippen LogP contribution in [0.4, 0.5) is 0 Å². The van der Waals surface area contributed by atoms with Gasteiger partial charge >= 0.3 is 0 Å². The minimum Gasteiger partial charge on any atom is -0.412 e. The second-order valence-electron chi connectivity index (χ2n) is 4.69. The SMILES string of the molecule is CC(C)(C)c1ccc(-c2nnc(I)o2)cc1. The average Bonchev–Trinajstić information content (AvgIpc) is 2.64. The quantitative estimate of drug-likeness (QED) is 0.750. The number of rotatable bonds is 1. The van der Waals surface area contributed by atoms with Crippen LogP contribution in [0.15, 0.2) is 28.7 Å². The van der Waals surface area contributed by atoms with Gasteiger partial charge in [0.1, 0.15) is 0 Å². The van der Waals surface area contributed by atoms with Crippen molar-refractivity contribution in [3.05, 3.63) is 33.7 Å². The zero-order chi connectivity index (χ0) is 11.8. The molecule has 0 saturated carbocycles. The van der Waals surface area contributed by atoms with E-state index < -0.39 is 0 Å². The van der Waals surface area contributed by atoms with E-state index in [1.165, 1.54) is 5.56 Å². The van der Waals surface area contributed by atoms with Gasteiger partial charge in [0.05, 0.1) is 0 Å². The van der Waals surface area contributed by atoms with Crippen LogP contribution in [0.25, 0.3) is 11.5 Å². The van der Waals surface area contributed by atoms with Gasteiger partial charge in [0.2, 0.25) is 5.89 Å². The first kappa shape index (κ1) is 11.6. The normalized spacial score (nSPS) is 11.8. The van der Waals surface area contributed by atoms with Crippen LogP contribution in [0, 0.1) is 3.90 Å². The van der Waals surface area contributed by atoms with Crippen molar-refractivity contribution in [3.63, 3.8) is 0 Å². The largest absolute Gasteiger partial charge is 0.412 e. The molecule has 0 aliphatic carbocycles. The van der Waals surface area contributed by atoms with E-state index in [-0.39, 0.29) is 5.41 Å². The fraction of sp³-hybridized carbons (Fsp3) is 0.333. The molecule has 4 heteroatoms. The minimum absolute atomic E-state index is 0.168. The third-order valence-electron chi connectivity index (χ3n) is 2.40. The summed E-state index contributed by atoms with van der Waals surface area (Å²) in [6.07, 6.45) is 0. The lowest BCUT2D eigenvalue weighted by atomic mass is 9.87. The van der Waals surface area contributed by atoms with Crippen LogP contribution in [-0.4, -0.2) is 10.2 Å². The molecule has 1 heterocycles. The summed E-state index contributed by atoms with van der Waals surface area (Å²) in [6, 6.07) is 8.24.